The van der Waals surface area contributed by atoms with E-state index in [4.69, 9.17) is 0 Å². The Morgan fingerprint density at radius 3 is 1.21 bits per heavy atom. The van der Waals surface area contributed by atoms with E-state index in [9.17, 15) is 36.6 Å². The van der Waals surface area contributed by atoms with Crippen LogP contribution in [0.5, 0.6) is 0 Å². The van der Waals surface area contributed by atoms with E-state index < -0.39 is 47.2 Å². The van der Waals surface area contributed by atoms with Gasteiger partial charge in [0.1, 0.15) is 11.6 Å². The number of halogens is 6. The van der Waals surface area contributed by atoms with Crippen LogP contribution >= 0.6 is 0 Å². The van der Waals surface area contributed by atoms with Gasteiger partial charge in [0.25, 0.3) is 0 Å². The number of anilines is 2. The monoisotopic (exact) mass is 744 g/mol. The Labute approximate surface area is 296 Å². The largest absolute Gasteiger partial charge is 0.390 e. The molecule has 4 aromatic rings. The van der Waals surface area contributed by atoms with Crippen molar-refractivity contribution >= 4 is 34.0 Å². The Hall–Kier alpha value is -3.94. The minimum atomic E-state index is -4.28. The lowest BCUT2D eigenvalue weighted by Gasteiger charge is -2.23. The van der Waals surface area contributed by atoms with Gasteiger partial charge in [-0.15, -0.1) is 10.2 Å². The molecule has 0 saturated carbocycles. The summed E-state index contributed by atoms with van der Waals surface area (Å²) < 4.78 is 77.9. The van der Waals surface area contributed by atoms with Gasteiger partial charge in [0.15, 0.2) is 34.0 Å². The smallest absolute Gasteiger partial charge is 0.388 e. The van der Waals surface area contributed by atoms with E-state index >= 15 is 0 Å². The molecule has 20 heteroatoms. The first-order chi connectivity index (χ1) is 23.7. The van der Waals surface area contributed by atoms with Gasteiger partial charge < -0.3 is 20.0 Å². The zero-order chi connectivity index (χ0) is 38.7. The maximum Gasteiger partial charge on any atom is 0.390 e. The maximum atomic E-state index is 12.6. The standard InChI is InChI=1S/2C16H23F3N6O/c2*1-14(2,3)13-20-11(24-7-5-15(4,26)9-24)10-12(21-13)25(23-22-10)8-6-16(17,18)19/h2*26H,5-9H2,1-4H3/t2*15-/m10/s1. The number of rotatable bonds is 6. The topological polar surface area (TPSA) is 160 Å². The number of hydrogen-bond acceptors (Lipinski definition) is 12. The van der Waals surface area contributed by atoms with Crippen LogP contribution in [0.4, 0.5) is 38.0 Å². The molecule has 2 N–H and O–H groups in total. The quantitative estimate of drug-likeness (QED) is 0.259. The molecule has 2 aliphatic heterocycles. The van der Waals surface area contributed by atoms with Crippen LogP contribution in [0.1, 0.15) is 92.7 Å². The minimum Gasteiger partial charge on any atom is -0.388 e. The number of aromatic nitrogens is 10. The second-order valence-electron chi connectivity index (χ2n) is 16.3. The zero-order valence-electron chi connectivity index (χ0n) is 30.6. The Kier molecular flexibility index (Phi) is 10.2. The molecule has 2 atom stereocenters. The molecule has 0 amide bonds. The van der Waals surface area contributed by atoms with Crippen molar-refractivity contribution in [2.45, 2.75) is 129 Å². The number of nitrogens with zero attached hydrogens (tertiary/aromatic N) is 12. The molecule has 2 saturated heterocycles. The minimum absolute atomic E-state index is 0.288. The highest BCUT2D eigenvalue weighted by Crippen LogP contribution is 2.34. The highest BCUT2D eigenvalue weighted by atomic mass is 19.4. The lowest BCUT2D eigenvalue weighted by atomic mass is 9.95. The van der Waals surface area contributed by atoms with Gasteiger partial charge in [0, 0.05) is 37.0 Å². The van der Waals surface area contributed by atoms with Crippen molar-refractivity contribution in [3.8, 4) is 0 Å². The van der Waals surface area contributed by atoms with Crippen molar-refractivity contribution in [3.05, 3.63) is 11.6 Å². The molecular formula is C32H46F6N12O2. The zero-order valence-corrected chi connectivity index (χ0v) is 30.6. The van der Waals surface area contributed by atoms with E-state index in [1.54, 1.807) is 13.8 Å². The summed E-state index contributed by atoms with van der Waals surface area (Å²) in [5.41, 5.74) is -1.19. The van der Waals surface area contributed by atoms with Crippen molar-refractivity contribution in [2.75, 3.05) is 36.0 Å². The fraction of sp³-hybridized carbons (Fsp3) is 0.750. The van der Waals surface area contributed by atoms with Gasteiger partial charge in [-0.25, -0.2) is 29.3 Å². The summed E-state index contributed by atoms with van der Waals surface area (Å²) in [7, 11) is 0. The van der Waals surface area contributed by atoms with Crippen LogP contribution in [0.15, 0.2) is 0 Å². The molecule has 0 aromatic carbocycles. The molecule has 2 fully saturated rings. The molecule has 0 unspecified atom stereocenters. The van der Waals surface area contributed by atoms with E-state index in [1.807, 2.05) is 51.3 Å². The first-order valence-corrected chi connectivity index (χ1v) is 17.0. The molecule has 4 aromatic heterocycles. The number of alkyl halides is 6. The molecule has 14 nitrogen and oxygen atoms in total. The summed E-state index contributed by atoms with van der Waals surface area (Å²) in [5.74, 6) is 2.02. The van der Waals surface area contributed by atoms with Gasteiger partial charge >= 0.3 is 12.4 Å². The van der Waals surface area contributed by atoms with E-state index in [0.717, 1.165) is 0 Å². The summed E-state index contributed by atoms with van der Waals surface area (Å²) >= 11 is 0. The predicted molar refractivity (Wildman–Crippen MR) is 180 cm³/mol. The summed E-state index contributed by atoms with van der Waals surface area (Å²) in [6.07, 6.45) is -9.43. The molecule has 288 valence electrons. The van der Waals surface area contributed by atoms with Crippen LogP contribution in [0.2, 0.25) is 0 Å². The van der Waals surface area contributed by atoms with Crippen molar-refractivity contribution in [1.82, 2.24) is 49.9 Å². The average molecular weight is 745 g/mol. The Morgan fingerprint density at radius 1 is 0.596 bits per heavy atom. The van der Waals surface area contributed by atoms with E-state index in [1.165, 1.54) is 9.36 Å². The number of aliphatic hydroxyl groups is 2. The van der Waals surface area contributed by atoms with Crippen molar-refractivity contribution in [2.24, 2.45) is 0 Å². The average Bonchev–Trinajstić information content (AvgIpc) is 3.77. The lowest BCUT2D eigenvalue weighted by molar-refractivity contribution is -0.138. The number of β-amino-alcohol motifs (C(OH)–C–C–N with tert-alkyl or cyclic N) is 2. The van der Waals surface area contributed by atoms with E-state index in [2.05, 4.69) is 40.6 Å². The van der Waals surface area contributed by atoms with Crippen LogP contribution in [0, 0.1) is 0 Å². The molecule has 0 spiro atoms. The normalized spacial score (nSPS) is 21.8. The summed E-state index contributed by atoms with van der Waals surface area (Å²) in [6.45, 7) is 16.3. The van der Waals surface area contributed by atoms with Gasteiger partial charge in [-0.3, -0.25) is 0 Å². The van der Waals surface area contributed by atoms with Gasteiger partial charge in [-0.05, 0) is 26.7 Å². The summed E-state index contributed by atoms with van der Waals surface area (Å²) in [5, 5.41) is 36.3. The summed E-state index contributed by atoms with van der Waals surface area (Å²) in [6, 6.07) is 0. The van der Waals surface area contributed by atoms with E-state index in [-0.39, 0.29) is 24.4 Å². The Bertz CT molecular complexity index is 1750. The molecule has 0 bridgehead atoms. The van der Waals surface area contributed by atoms with Crippen LogP contribution in [-0.2, 0) is 23.9 Å². The number of fused-ring (bicyclic) bond motifs is 2. The fourth-order valence-electron chi connectivity index (χ4n) is 5.81. The lowest BCUT2D eigenvalue weighted by Crippen LogP contribution is -2.31. The highest BCUT2D eigenvalue weighted by molar-refractivity contribution is 5.84. The van der Waals surface area contributed by atoms with Gasteiger partial charge in [0.05, 0.1) is 37.1 Å². The van der Waals surface area contributed by atoms with E-state index in [0.29, 0.717) is 73.3 Å². The second kappa shape index (κ2) is 13.5. The molecule has 0 aliphatic carbocycles. The van der Waals surface area contributed by atoms with Crippen molar-refractivity contribution in [3.63, 3.8) is 0 Å². The molecule has 0 radical (unpaired) electrons. The molecule has 52 heavy (non-hydrogen) atoms. The maximum absolute atomic E-state index is 12.6. The Balaban J connectivity index is 0.000000201. The Morgan fingerprint density at radius 2 is 0.942 bits per heavy atom. The van der Waals surface area contributed by atoms with Crippen LogP contribution in [0.3, 0.4) is 0 Å². The first-order valence-electron chi connectivity index (χ1n) is 17.0. The number of aryl methyl sites for hydroxylation is 2. The fourth-order valence-corrected chi connectivity index (χ4v) is 5.81. The first kappa shape index (κ1) is 39.3. The van der Waals surface area contributed by atoms with Crippen LogP contribution in [-0.4, -0.2) is 110 Å². The molecule has 6 rings (SSSR count). The second-order valence-corrected chi connectivity index (χ2v) is 16.3. The molecular weight excluding hydrogens is 698 g/mol. The third kappa shape index (κ3) is 9.34. The molecule has 2 aliphatic rings. The predicted octanol–water partition coefficient (Wildman–Crippen LogP) is 4.86. The van der Waals surface area contributed by atoms with Crippen LogP contribution in [0.25, 0.3) is 22.3 Å². The highest BCUT2D eigenvalue weighted by Gasteiger charge is 2.37. The van der Waals surface area contributed by atoms with Crippen LogP contribution < -0.4 is 9.80 Å². The summed E-state index contributed by atoms with van der Waals surface area (Å²) in [4.78, 5) is 21.9. The van der Waals surface area contributed by atoms with Gasteiger partial charge in [-0.1, -0.05) is 52.0 Å². The molecule has 6 heterocycles. The van der Waals surface area contributed by atoms with Crippen molar-refractivity contribution < 1.29 is 36.6 Å². The van der Waals surface area contributed by atoms with Gasteiger partial charge in [-0.2, -0.15) is 26.3 Å². The third-order valence-corrected chi connectivity index (χ3v) is 8.75. The number of hydrogen-bond donors (Lipinski definition) is 2. The van der Waals surface area contributed by atoms with Crippen molar-refractivity contribution in [1.29, 1.82) is 0 Å². The van der Waals surface area contributed by atoms with Gasteiger partial charge in [0.2, 0.25) is 0 Å². The third-order valence-electron chi connectivity index (χ3n) is 8.75. The SMILES string of the molecule is CC(C)(C)c1nc(N2CC[C@@](C)(O)C2)c2nnn(CCC(F)(F)F)c2n1.CC(C)(C)c1nc(N2CC[C@](C)(O)C2)c2nnn(CCC(F)(F)F)c2n1.